The first kappa shape index (κ1) is 30.3. The fourth-order valence-electron chi connectivity index (χ4n) is 3.94. The molecule has 1 aromatic rings. The van der Waals surface area contributed by atoms with E-state index in [0.29, 0.717) is 0 Å². The van der Waals surface area contributed by atoms with Gasteiger partial charge >= 0.3 is 11.9 Å². The van der Waals surface area contributed by atoms with Gasteiger partial charge in [0.1, 0.15) is 25.2 Å². The van der Waals surface area contributed by atoms with Gasteiger partial charge in [0.2, 0.25) is 23.6 Å². The predicted molar refractivity (Wildman–Crippen MR) is 135 cm³/mol. The first-order valence-corrected chi connectivity index (χ1v) is 12.1. The van der Waals surface area contributed by atoms with E-state index < -0.39 is 79.1 Å². The van der Waals surface area contributed by atoms with E-state index in [1.807, 2.05) is 31.2 Å². The number of hydrogen-bond acceptors (Lipinski definition) is 8. The fourth-order valence-corrected chi connectivity index (χ4v) is 3.94. The Labute approximate surface area is 222 Å². The van der Waals surface area contributed by atoms with E-state index in [-0.39, 0.29) is 6.54 Å². The Hall–Kier alpha value is -3.96. The molecule has 38 heavy (non-hydrogen) atoms. The average molecular weight is 533 g/mol. The largest absolute Gasteiger partial charge is 0.469 e. The molecule has 1 aliphatic heterocycles. The standard InChI is InChI=1S/C26H36N4O8/c1-16-7-9-17(10-8-16)13-27-20(31)14-29-18(11-22(33)37-5)25(36)30(15-21(32)28-26(2,3)4)19(24(29)35)12-23(34)38-6/h7-10,18-19H,11-15H2,1-6H3,(H,27,31)(H,28,32)/t18-,19-/m0/s1. The predicted octanol–water partition coefficient (Wildman–Crippen LogP) is 0.0601. The summed E-state index contributed by atoms with van der Waals surface area (Å²) in [5, 5.41) is 5.40. The Balaban J connectivity index is 2.33. The van der Waals surface area contributed by atoms with Gasteiger partial charge in [-0.15, -0.1) is 0 Å². The van der Waals surface area contributed by atoms with Crippen molar-refractivity contribution in [3.05, 3.63) is 35.4 Å². The van der Waals surface area contributed by atoms with Crippen molar-refractivity contribution in [3.63, 3.8) is 0 Å². The number of amides is 4. The average Bonchev–Trinajstić information content (AvgIpc) is 2.84. The number of rotatable bonds is 10. The van der Waals surface area contributed by atoms with E-state index in [1.54, 1.807) is 20.8 Å². The topological polar surface area (TPSA) is 151 Å². The molecule has 2 atom stereocenters. The lowest BCUT2D eigenvalue weighted by atomic mass is 9.99. The van der Waals surface area contributed by atoms with Gasteiger partial charge in [-0.05, 0) is 33.3 Å². The highest BCUT2D eigenvalue weighted by molar-refractivity contribution is 6.03. The highest BCUT2D eigenvalue weighted by Crippen LogP contribution is 2.23. The Morgan fingerprint density at radius 2 is 1.26 bits per heavy atom. The van der Waals surface area contributed by atoms with Crippen molar-refractivity contribution < 1.29 is 38.2 Å². The van der Waals surface area contributed by atoms with Crippen molar-refractivity contribution in [3.8, 4) is 0 Å². The van der Waals surface area contributed by atoms with Gasteiger partial charge < -0.3 is 29.9 Å². The van der Waals surface area contributed by atoms with Crippen LogP contribution in [0.5, 0.6) is 0 Å². The molecule has 12 heteroatoms. The molecule has 1 aromatic carbocycles. The molecule has 2 rings (SSSR count). The van der Waals surface area contributed by atoms with E-state index in [4.69, 9.17) is 4.74 Å². The Morgan fingerprint density at radius 1 is 0.816 bits per heavy atom. The molecule has 0 radical (unpaired) electrons. The highest BCUT2D eigenvalue weighted by atomic mass is 16.5. The summed E-state index contributed by atoms with van der Waals surface area (Å²) in [6, 6.07) is 4.66. The highest BCUT2D eigenvalue weighted by Gasteiger charge is 2.48. The van der Waals surface area contributed by atoms with Crippen LogP contribution in [0.15, 0.2) is 24.3 Å². The van der Waals surface area contributed by atoms with Crippen LogP contribution in [0.25, 0.3) is 0 Å². The monoisotopic (exact) mass is 532 g/mol. The fraction of sp³-hybridized carbons (Fsp3) is 0.538. The molecule has 0 bridgehead atoms. The van der Waals surface area contributed by atoms with E-state index in [0.717, 1.165) is 35.1 Å². The lowest BCUT2D eigenvalue weighted by Gasteiger charge is -2.44. The van der Waals surface area contributed by atoms with Crippen LogP contribution >= 0.6 is 0 Å². The van der Waals surface area contributed by atoms with Crippen LogP contribution in [-0.4, -0.2) is 90.3 Å². The van der Waals surface area contributed by atoms with Crippen molar-refractivity contribution in [2.24, 2.45) is 0 Å². The first-order chi connectivity index (χ1) is 17.7. The molecule has 1 heterocycles. The third-order valence-electron chi connectivity index (χ3n) is 5.82. The van der Waals surface area contributed by atoms with Crippen LogP contribution < -0.4 is 10.6 Å². The second-order valence-electron chi connectivity index (χ2n) is 10.1. The molecule has 4 amide bonds. The summed E-state index contributed by atoms with van der Waals surface area (Å²) in [6.45, 7) is 6.28. The molecule has 1 aliphatic rings. The minimum atomic E-state index is -1.41. The van der Waals surface area contributed by atoms with Crippen LogP contribution in [0, 0.1) is 6.92 Å². The summed E-state index contributed by atoms with van der Waals surface area (Å²) < 4.78 is 9.38. The number of aryl methyl sites for hydroxylation is 1. The molecule has 1 fully saturated rings. The maximum atomic E-state index is 13.6. The summed E-state index contributed by atoms with van der Waals surface area (Å²) in [5.74, 6) is -4.23. The lowest BCUT2D eigenvalue weighted by molar-refractivity contribution is -0.169. The van der Waals surface area contributed by atoms with Gasteiger partial charge in [-0.2, -0.15) is 0 Å². The molecule has 0 saturated carbocycles. The van der Waals surface area contributed by atoms with Gasteiger partial charge in [-0.1, -0.05) is 29.8 Å². The number of methoxy groups -OCH3 is 2. The summed E-state index contributed by atoms with van der Waals surface area (Å²) in [4.78, 5) is 78.8. The summed E-state index contributed by atoms with van der Waals surface area (Å²) in [7, 11) is 2.26. The Kier molecular flexibility index (Phi) is 10.4. The summed E-state index contributed by atoms with van der Waals surface area (Å²) >= 11 is 0. The van der Waals surface area contributed by atoms with Crippen LogP contribution in [-0.2, 0) is 44.8 Å². The Morgan fingerprint density at radius 3 is 1.68 bits per heavy atom. The van der Waals surface area contributed by atoms with Gasteiger partial charge in [0.15, 0.2) is 0 Å². The molecule has 0 spiro atoms. The van der Waals surface area contributed by atoms with Gasteiger partial charge in [0.25, 0.3) is 0 Å². The molecule has 208 valence electrons. The molecular formula is C26H36N4O8. The van der Waals surface area contributed by atoms with Crippen molar-refractivity contribution in [2.75, 3.05) is 27.3 Å². The zero-order valence-electron chi connectivity index (χ0n) is 22.7. The van der Waals surface area contributed by atoms with Gasteiger partial charge in [-0.25, -0.2) is 0 Å². The molecule has 0 aromatic heterocycles. The first-order valence-electron chi connectivity index (χ1n) is 12.1. The number of benzene rings is 1. The molecule has 1 saturated heterocycles. The molecule has 0 unspecified atom stereocenters. The minimum absolute atomic E-state index is 0.182. The molecule has 12 nitrogen and oxygen atoms in total. The van der Waals surface area contributed by atoms with E-state index in [9.17, 15) is 28.8 Å². The van der Waals surface area contributed by atoms with E-state index >= 15 is 0 Å². The number of nitrogens with one attached hydrogen (secondary N) is 2. The van der Waals surface area contributed by atoms with Crippen LogP contribution in [0.4, 0.5) is 0 Å². The zero-order chi connectivity index (χ0) is 28.6. The summed E-state index contributed by atoms with van der Waals surface area (Å²) in [5.41, 5.74) is 1.27. The van der Waals surface area contributed by atoms with Crippen molar-refractivity contribution in [1.82, 2.24) is 20.4 Å². The summed E-state index contributed by atoms with van der Waals surface area (Å²) in [6.07, 6.45) is -1.06. The third kappa shape index (κ3) is 8.56. The molecule has 0 aliphatic carbocycles. The number of nitrogens with zero attached hydrogens (tertiary/aromatic N) is 2. The maximum Gasteiger partial charge on any atom is 0.308 e. The van der Waals surface area contributed by atoms with Crippen LogP contribution in [0.1, 0.15) is 44.7 Å². The second-order valence-corrected chi connectivity index (χ2v) is 10.1. The van der Waals surface area contributed by atoms with Crippen LogP contribution in [0.3, 0.4) is 0 Å². The number of carbonyl (C=O) groups excluding carboxylic acids is 6. The number of esters is 2. The van der Waals surface area contributed by atoms with Gasteiger partial charge in [0, 0.05) is 12.1 Å². The quantitative estimate of drug-likeness (QED) is 0.402. The molecule has 2 N–H and O–H groups in total. The minimum Gasteiger partial charge on any atom is -0.469 e. The number of carbonyl (C=O) groups is 6. The van der Waals surface area contributed by atoms with Gasteiger partial charge in [0.05, 0.1) is 27.1 Å². The van der Waals surface area contributed by atoms with E-state index in [1.165, 1.54) is 0 Å². The number of hydrogen-bond donors (Lipinski definition) is 2. The van der Waals surface area contributed by atoms with Crippen molar-refractivity contribution in [2.45, 2.75) is 64.7 Å². The van der Waals surface area contributed by atoms with E-state index in [2.05, 4.69) is 15.4 Å². The number of ether oxygens (including phenoxy) is 2. The van der Waals surface area contributed by atoms with Gasteiger partial charge in [-0.3, -0.25) is 28.8 Å². The third-order valence-corrected chi connectivity index (χ3v) is 5.82. The van der Waals surface area contributed by atoms with Crippen LogP contribution in [0.2, 0.25) is 0 Å². The SMILES string of the molecule is COC(=O)C[C@H]1C(=O)N(CC(=O)NC(C)(C)C)[C@@H](CC(=O)OC)C(=O)N1CC(=O)NCc1ccc(C)cc1. The zero-order valence-corrected chi connectivity index (χ0v) is 22.7. The van der Waals surface area contributed by atoms with Crippen molar-refractivity contribution in [1.29, 1.82) is 0 Å². The normalized spacial score (nSPS) is 17.6. The van der Waals surface area contributed by atoms with Crippen molar-refractivity contribution >= 4 is 35.6 Å². The Bertz CT molecular complexity index is 1060. The smallest absolute Gasteiger partial charge is 0.308 e. The second kappa shape index (κ2) is 13.0. The lowest BCUT2D eigenvalue weighted by Crippen LogP contribution is -2.68. The molecular weight excluding hydrogens is 496 g/mol. The maximum absolute atomic E-state index is 13.6. The number of piperazine rings is 1.